The third kappa shape index (κ3) is 3.87. The van der Waals surface area contributed by atoms with E-state index in [0.717, 1.165) is 12.1 Å². The number of Topliss-reactive ketones (excluding diaryl/α,β-unsaturated/α-hetero) is 1. The number of alkyl halides is 3. The smallest absolute Gasteiger partial charge is 0.325 e. The molecule has 0 saturated carbocycles. The van der Waals surface area contributed by atoms with Crippen molar-refractivity contribution in [3.05, 3.63) is 29.3 Å². The predicted molar refractivity (Wildman–Crippen MR) is 60.1 cm³/mol. The topological polar surface area (TPSA) is 46.2 Å². The largest absolute Gasteiger partial charge is 0.416 e. The van der Waals surface area contributed by atoms with E-state index in [1.807, 2.05) is 0 Å². The van der Waals surface area contributed by atoms with Gasteiger partial charge in [0.1, 0.15) is 5.78 Å². The van der Waals surface area contributed by atoms with Crippen molar-refractivity contribution in [2.45, 2.75) is 26.4 Å². The molecule has 0 heterocycles. The Morgan fingerprint density at radius 2 is 1.89 bits per heavy atom. The summed E-state index contributed by atoms with van der Waals surface area (Å²) in [7, 11) is 0. The summed E-state index contributed by atoms with van der Waals surface area (Å²) < 4.78 is 37.4. The number of anilines is 1. The molecule has 18 heavy (non-hydrogen) atoms. The van der Waals surface area contributed by atoms with Gasteiger partial charge >= 0.3 is 6.18 Å². The van der Waals surface area contributed by atoms with Crippen LogP contribution >= 0.6 is 0 Å². The lowest BCUT2D eigenvalue weighted by Crippen LogP contribution is -2.16. The first-order valence-corrected chi connectivity index (χ1v) is 5.17. The van der Waals surface area contributed by atoms with E-state index in [1.165, 1.54) is 13.0 Å². The lowest BCUT2D eigenvalue weighted by molar-refractivity contribution is -0.137. The highest BCUT2D eigenvalue weighted by molar-refractivity contribution is 6.03. The van der Waals surface area contributed by atoms with Crippen LogP contribution in [0.1, 0.15) is 24.5 Å². The number of hydrogen-bond acceptors (Lipinski definition) is 2. The Bertz CT molecular complexity index is 481. The number of halogens is 3. The fraction of sp³-hybridized carbons (Fsp3) is 0.333. The van der Waals surface area contributed by atoms with E-state index in [2.05, 4.69) is 5.32 Å². The maximum absolute atomic E-state index is 12.5. The van der Waals surface area contributed by atoms with Gasteiger partial charge in [-0.05, 0) is 31.5 Å². The third-order valence-electron chi connectivity index (χ3n) is 2.25. The first-order valence-electron chi connectivity index (χ1n) is 5.17. The Hall–Kier alpha value is -1.85. The maximum Gasteiger partial charge on any atom is 0.416 e. The molecule has 0 bridgehead atoms. The van der Waals surface area contributed by atoms with Crippen LogP contribution < -0.4 is 5.32 Å². The Morgan fingerprint density at radius 3 is 2.39 bits per heavy atom. The minimum Gasteiger partial charge on any atom is -0.325 e. The molecule has 1 N–H and O–H groups in total. The van der Waals surface area contributed by atoms with Crippen LogP contribution in [0.2, 0.25) is 0 Å². The Kier molecular flexibility index (Phi) is 4.11. The van der Waals surface area contributed by atoms with Gasteiger partial charge in [-0.2, -0.15) is 13.2 Å². The number of aryl methyl sites for hydroxylation is 1. The lowest BCUT2D eigenvalue weighted by atomic mass is 10.1. The van der Waals surface area contributed by atoms with Crippen molar-refractivity contribution < 1.29 is 22.8 Å². The molecule has 0 unspecified atom stereocenters. The molecule has 0 saturated heterocycles. The van der Waals surface area contributed by atoms with Crippen molar-refractivity contribution in [3.63, 3.8) is 0 Å². The zero-order valence-corrected chi connectivity index (χ0v) is 9.89. The summed E-state index contributed by atoms with van der Waals surface area (Å²) in [6.45, 7) is 2.81. The Labute approximate surface area is 102 Å². The van der Waals surface area contributed by atoms with Crippen LogP contribution in [-0.4, -0.2) is 11.7 Å². The number of carbonyl (C=O) groups is 2. The molecule has 3 nitrogen and oxygen atoms in total. The van der Waals surface area contributed by atoms with Crippen LogP contribution in [0, 0.1) is 6.92 Å². The van der Waals surface area contributed by atoms with Crippen molar-refractivity contribution in [1.82, 2.24) is 0 Å². The molecule has 0 atom stereocenters. The fourth-order valence-corrected chi connectivity index (χ4v) is 1.35. The van der Waals surface area contributed by atoms with Crippen molar-refractivity contribution in [2.24, 2.45) is 0 Å². The molecule has 1 amide bonds. The predicted octanol–water partition coefficient (Wildman–Crippen LogP) is 2.93. The van der Waals surface area contributed by atoms with Gasteiger partial charge in [-0.25, -0.2) is 0 Å². The Morgan fingerprint density at radius 1 is 1.28 bits per heavy atom. The number of nitrogens with one attached hydrogen (secondary N) is 1. The lowest BCUT2D eigenvalue weighted by Gasteiger charge is -2.12. The highest BCUT2D eigenvalue weighted by atomic mass is 19.4. The minimum atomic E-state index is -4.46. The molecular weight excluding hydrogens is 247 g/mol. The summed E-state index contributed by atoms with van der Waals surface area (Å²) in [5, 5.41) is 2.29. The zero-order chi connectivity index (χ0) is 13.9. The summed E-state index contributed by atoms with van der Waals surface area (Å²) in [6, 6.07) is 3.07. The number of rotatable bonds is 3. The summed E-state index contributed by atoms with van der Waals surface area (Å²) in [5.41, 5.74) is -0.276. The molecule has 0 aliphatic heterocycles. The van der Waals surface area contributed by atoms with Crippen LogP contribution in [0.15, 0.2) is 18.2 Å². The van der Waals surface area contributed by atoms with Gasteiger partial charge in [0.15, 0.2) is 0 Å². The highest BCUT2D eigenvalue weighted by Gasteiger charge is 2.30. The molecule has 6 heteroatoms. The molecular formula is C12H12F3NO2. The van der Waals surface area contributed by atoms with Crippen LogP contribution in [0.3, 0.4) is 0 Å². The minimum absolute atomic E-state index is 0.0658. The van der Waals surface area contributed by atoms with Crippen molar-refractivity contribution >= 4 is 17.4 Å². The zero-order valence-electron chi connectivity index (χ0n) is 9.89. The van der Waals surface area contributed by atoms with Gasteiger partial charge in [0, 0.05) is 5.69 Å². The van der Waals surface area contributed by atoms with Crippen LogP contribution in [-0.2, 0) is 15.8 Å². The number of benzene rings is 1. The molecule has 0 aliphatic rings. The van der Waals surface area contributed by atoms with E-state index in [4.69, 9.17) is 0 Å². The fourth-order valence-electron chi connectivity index (χ4n) is 1.35. The van der Waals surface area contributed by atoms with Crippen LogP contribution in [0.5, 0.6) is 0 Å². The maximum atomic E-state index is 12.5. The number of amides is 1. The summed E-state index contributed by atoms with van der Waals surface area (Å²) in [5.74, 6) is -0.970. The van der Waals surface area contributed by atoms with Crippen molar-refractivity contribution in [3.8, 4) is 0 Å². The van der Waals surface area contributed by atoms with Gasteiger partial charge in [-0.15, -0.1) is 0 Å². The van der Waals surface area contributed by atoms with E-state index in [1.54, 1.807) is 6.92 Å². The van der Waals surface area contributed by atoms with Gasteiger partial charge < -0.3 is 5.32 Å². The molecule has 0 fully saturated rings. The molecule has 98 valence electrons. The number of hydrogen-bond donors (Lipinski definition) is 1. The quantitative estimate of drug-likeness (QED) is 0.848. The van der Waals surface area contributed by atoms with E-state index in [0.29, 0.717) is 5.56 Å². The van der Waals surface area contributed by atoms with E-state index < -0.39 is 17.6 Å². The molecule has 1 rings (SSSR count). The SMILES string of the molecule is CC(=O)CC(=O)Nc1cc(C(F)(F)F)ccc1C. The second kappa shape index (κ2) is 5.20. The summed E-state index contributed by atoms with van der Waals surface area (Å²) in [6.07, 6.45) is -4.82. The first-order chi connectivity index (χ1) is 8.20. The standard InChI is InChI=1S/C12H12F3NO2/c1-7-3-4-9(12(13,14)15)6-10(7)16-11(18)5-8(2)17/h3-4,6H,5H2,1-2H3,(H,16,18). The molecule has 0 spiro atoms. The van der Waals surface area contributed by atoms with Crippen molar-refractivity contribution in [2.75, 3.05) is 5.32 Å². The number of carbonyl (C=O) groups excluding carboxylic acids is 2. The average Bonchev–Trinajstić information content (AvgIpc) is 2.18. The summed E-state index contributed by atoms with van der Waals surface area (Å²) in [4.78, 5) is 22.0. The second-order valence-electron chi connectivity index (χ2n) is 3.95. The van der Waals surface area contributed by atoms with E-state index in [9.17, 15) is 22.8 Å². The van der Waals surface area contributed by atoms with Gasteiger partial charge in [-0.3, -0.25) is 9.59 Å². The van der Waals surface area contributed by atoms with Crippen molar-refractivity contribution in [1.29, 1.82) is 0 Å². The number of ketones is 1. The van der Waals surface area contributed by atoms with E-state index in [-0.39, 0.29) is 17.9 Å². The molecule has 0 aromatic heterocycles. The van der Waals surface area contributed by atoms with Gasteiger partial charge in [-0.1, -0.05) is 6.07 Å². The molecule has 0 radical (unpaired) electrons. The molecule has 0 aliphatic carbocycles. The Balaban J connectivity index is 2.95. The summed E-state index contributed by atoms with van der Waals surface area (Å²) >= 11 is 0. The monoisotopic (exact) mass is 259 g/mol. The van der Waals surface area contributed by atoms with Gasteiger partial charge in [0.05, 0.1) is 12.0 Å². The third-order valence-corrected chi connectivity index (χ3v) is 2.25. The average molecular weight is 259 g/mol. The molecule has 1 aromatic rings. The van der Waals surface area contributed by atoms with Crippen LogP contribution in [0.25, 0.3) is 0 Å². The first kappa shape index (κ1) is 14.2. The van der Waals surface area contributed by atoms with E-state index >= 15 is 0 Å². The van der Waals surface area contributed by atoms with Gasteiger partial charge in [0.2, 0.25) is 5.91 Å². The van der Waals surface area contributed by atoms with Gasteiger partial charge in [0.25, 0.3) is 0 Å². The normalized spacial score (nSPS) is 11.2. The highest BCUT2D eigenvalue weighted by Crippen LogP contribution is 2.32. The van der Waals surface area contributed by atoms with Crippen LogP contribution in [0.4, 0.5) is 18.9 Å². The molecule has 1 aromatic carbocycles. The second-order valence-corrected chi connectivity index (χ2v) is 3.95.